The predicted molar refractivity (Wildman–Crippen MR) is 65.3 cm³/mol. The van der Waals surface area contributed by atoms with Gasteiger partial charge in [-0.05, 0) is 41.4 Å². The van der Waals surface area contributed by atoms with Gasteiger partial charge >= 0.3 is 0 Å². The van der Waals surface area contributed by atoms with Crippen molar-refractivity contribution >= 4 is 15.9 Å². The second-order valence-corrected chi connectivity index (χ2v) is 4.72. The van der Waals surface area contributed by atoms with E-state index < -0.39 is 0 Å². The minimum Gasteiger partial charge on any atom is -0.495 e. The van der Waals surface area contributed by atoms with E-state index in [1.807, 2.05) is 6.07 Å². The van der Waals surface area contributed by atoms with Crippen LogP contribution in [0.3, 0.4) is 0 Å². The summed E-state index contributed by atoms with van der Waals surface area (Å²) in [7, 11) is 1.73. The number of ether oxygens (including phenoxy) is 1. The maximum Gasteiger partial charge on any atom is 0.137 e. The number of benzene rings is 1. The van der Waals surface area contributed by atoms with E-state index in [0.29, 0.717) is 6.04 Å². The lowest BCUT2D eigenvalue weighted by Gasteiger charge is -2.25. The Labute approximate surface area is 99.1 Å². The molecule has 0 saturated carbocycles. The average molecular weight is 270 g/mol. The molecule has 1 aliphatic rings. The van der Waals surface area contributed by atoms with Gasteiger partial charge in [0.15, 0.2) is 0 Å². The van der Waals surface area contributed by atoms with Gasteiger partial charge in [0.25, 0.3) is 0 Å². The van der Waals surface area contributed by atoms with Crippen molar-refractivity contribution < 1.29 is 4.74 Å². The average Bonchev–Trinajstić information content (AvgIpc) is 2.30. The number of halogens is 1. The molecule has 1 aliphatic heterocycles. The van der Waals surface area contributed by atoms with Gasteiger partial charge in [0, 0.05) is 11.6 Å². The molecule has 0 aromatic heterocycles. The minimum absolute atomic E-state index is 0.450. The van der Waals surface area contributed by atoms with E-state index in [0.717, 1.165) is 16.8 Å². The Morgan fingerprint density at radius 3 is 2.93 bits per heavy atom. The standard InChI is InChI=1S/C12H16BrNO/c1-15-12-9(5-4-6-10(12)13)11-7-2-3-8-14-11/h4-6,11,14H,2-3,7-8H2,1H3/t11-/m0/s1. The lowest BCUT2D eigenvalue weighted by molar-refractivity contribution is 0.372. The van der Waals surface area contributed by atoms with Crippen LogP contribution >= 0.6 is 15.9 Å². The quantitative estimate of drug-likeness (QED) is 0.890. The fraction of sp³-hybridized carbons (Fsp3) is 0.500. The zero-order valence-electron chi connectivity index (χ0n) is 8.92. The summed E-state index contributed by atoms with van der Waals surface area (Å²) in [5.41, 5.74) is 1.27. The third-order valence-corrected chi connectivity index (χ3v) is 3.51. The molecule has 1 fully saturated rings. The second kappa shape index (κ2) is 4.99. The molecule has 2 rings (SSSR count). The summed E-state index contributed by atoms with van der Waals surface area (Å²) in [4.78, 5) is 0. The molecule has 1 atom stereocenters. The summed E-state index contributed by atoms with van der Waals surface area (Å²) >= 11 is 3.52. The zero-order valence-corrected chi connectivity index (χ0v) is 10.5. The van der Waals surface area contributed by atoms with Crippen LogP contribution in [0, 0.1) is 0 Å². The highest BCUT2D eigenvalue weighted by atomic mass is 79.9. The summed E-state index contributed by atoms with van der Waals surface area (Å²) in [5.74, 6) is 0.969. The Balaban J connectivity index is 2.29. The monoisotopic (exact) mass is 269 g/mol. The van der Waals surface area contributed by atoms with Gasteiger partial charge in [-0.3, -0.25) is 0 Å². The highest BCUT2D eigenvalue weighted by Crippen LogP contribution is 2.35. The second-order valence-electron chi connectivity index (χ2n) is 3.86. The first-order chi connectivity index (χ1) is 7.33. The Hall–Kier alpha value is -0.540. The van der Waals surface area contributed by atoms with E-state index in [1.54, 1.807) is 7.11 Å². The van der Waals surface area contributed by atoms with Crippen molar-refractivity contribution in [2.75, 3.05) is 13.7 Å². The predicted octanol–water partition coefficient (Wildman–Crippen LogP) is 3.27. The Morgan fingerprint density at radius 2 is 2.27 bits per heavy atom. The third-order valence-electron chi connectivity index (χ3n) is 2.89. The van der Waals surface area contributed by atoms with E-state index in [4.69, 9.17) is 4.74 Å². The Kier molecular flexibility index (Phi) is 3.65. The molecule has 3 heteroatoms. The molecule has 15 heavy (non-hydrogen) atoms. The third kappa shape index (κ3) is 2.34. The van der Waals surface area contributed by atoms with Crippen LogP contribution in [0.1, 0.15) is 30.9 Å². The van der Waals surface area contributed by atoms with Crippen LogP contribution in [0.2, 0.25) is 0 Å². The Morgan fingerprint density at radius 1 is 1.40 bits per heavy atom. The largest absolute Gasteiger partial charge is 0.495 e. The maximum atomic E-state index is 5.44. The van der Waals surface area contributed by atoms with Crippen LogP contribution in [0.4, 0.5) is 0 Å². The molecule has 1 N–H and O–H groups in total. The van der Waals surface area contributed by atoms with E-state index in [9.17, 15) is 0 Å². The van der Waals surface area contributed by atoms with E-state index in [-0.39, 0.29) is 0 Å². The van der Waals surface area contributed by atoms with Crippen LogP contribution in [0.15, 0.2) is 22.7 Å². The SMILES string of the molecule is COc1c(Br)cccc1[C@@H]1CCCCN1. The van der Waals surface area contributed by atoms with Crippen molar-refractivity contribution in [2.45, 2.75) is 25.3 Å². The number of nitrogens with one attached hydrogen (secondary N) is 1. The molecular formula is C12H16BrNO. The maximum absolute atomic E-state index is 5.44. The van der Waals surface area contributed by atoms with Gasteiger partial charge in [-0.2, -0.15) is 0 Å². The lowest BCUT2D eigenvalue weighted by atomic mass is 9.97. The fourth-order valence-electron chi connectivity index (χ4n) is 2.13. The molecule has 1 aromatic rings. The molecule has 0 aliphatic carbocycles. The first-order valence-corrected chi connectivity index (χ1v) is 6.18. The summed E-state index contributed by atoms with van der Waals surface area (Å²) in [6.07, 6.45) is 3.78. The number of para-hydroxylation sites is 1. The van der Waals surface area contributed by atoms with Crippen LogP contribution < -0.4 is 10.1 Å². The van der Waals surface area contributed by atoms with Crippen LogP contribution in [0.5, 0.6) is 5.75 Å². The topological polar surface area (TPSA) is 21.3 Å². The molecule has 0 amide bonds. The Bertz CT molecular complexity index is 334. The summed E-state index contributed by atoms with van der Waals surface area (Å²) < 4.78 is 6.48. The van der Waals surface area contributed by atoms with Gasteiger partial charge in [-0.15, -0.1) is 0 Å². The van der Waals surface area contributed by atoms with E-state index in [2.05, 4.69) is 33.4 Å². The highest BCUT2D eigenvalue weighted by molar-refractivity contribution is 9.10. The van der Waals surface area contributed by atoms with E-state index >= 15 is 0 Å². The summed E-state index contributed by atoms with van der Waals surface area (Å²) in [6, 6.07) is 6.68. The molecular weight excluding hydrogens is 254 g/mol. The van der Waals surface area contributed by atoms with Gasteiger partial charge in [0.2, 0.25) is 0 Å². The number of piperidine rings is 1. The van der Waals surface area contributed by atoms with Gasteiger partial charge < -0.3 is 10.1 Å². The molecule has 1 saturated heterocycles. The summed E-state index contributed by atoms with van der Waals surface area (Å²) in [5, 5.41) is 3.54. The number of rotatable bonds is 2. The van der Waals surface area contributed by atoms with Crippen LogP contribution in [-0.2, 0) is 0 Å². The molecule has 0 unspecified atom stereocenters. The van der Waals surface area contributed by atoms with Gasteiger partial charge in [0.1, 0.15) is 5.75 Å². The molecule has 82 valence electrons. The zero-order chi connectivity index (χ0) is 10.7. The normalized spacial score (nSPS) is 21.3. The molecule has 0 spiro atoms. The van der Waals surface area contributed by atoms with Gasteiger partial charge in [-0.25, -0.2) is 0 Å². The van der Waals surface area contributed by atoms with E-state index in [1.165, 1.54) is 24.8 Å². The molecule has 0 bridgehead atoms. The van der Waals surface area contributed by atoms with Crippen LogP contribution in [-0.4, -0.2) is 13.7 Å². The number of hydrogen-bond acceptors (Lipinski definition) is 2. The van der Waals surface area contributed by atoms with Crippen molar-refractivity contribution in [3.63, 3.8) is 0 Å². The molecule has 0 radical (unpaired) electrons. The first kappa shape index (κ1) is 11.0. The molecule has 1 aromatic carbocycles. The van der Waals surface area contributed by atoms with Crippen molar-refractivity contribution in [1.29, 1.82) is 0 Å². The number of methoxy groups -OCH3 is 1. The first-order valence-electron chi connectivity index (χ1n) is 5.38. The van der Waals surface area contributed by atoms with Crippen molar-refractivity contribution in [3.05, 3.63) is 28.2 Å². The van der Waals surface area contributed by atoms with Crippen molar-refractivity contribution in [3.8, 4) is 5.75 Å². The van der Waals surface area contributed by atoms with Gasteiger partial charge in [-0.1, -0.05) is 18.6 Å². The van der Waals surface area contributed by atoms with Crippen LogP contribution in [0.25, 0.3) is 0 Å². The smallest absolute Gasteiger partial charge is 0.137 e. The fourth-order valence-corrected chi connectivity index (χ4v) is 2.68. The van der Waals surface area contributed by atoms with Crippen molar-refractivity contribution in [1.82, 2.24) is 5.32 Å². The van der Waals surface area contributed by atoms with Gasteiger partial charge in [0.05, 0.1) is 11.6 Å². The highest BCUT2D eigenvalue weighted by Gasteiger charge is 2.19. The molecule has 1 heterocycles. The minimum atomic E-state index is 0.450. The molecule has 2 nitrogen and oxygen atoms in total. The number of hydrogen-bond donors (Lipinski definition) is 1. The lowest BCUT2D eigenvalue weighted by Crippen LogP contribution is -2.27. The van der Waals surface area contributed by atoms with Crippen molar-refractivity contribution in [2.24, 2.45) is 0 Å². The summed E-state index contributed by atoms with van der Waals surface area (Å²) in [6.45, 7) is 1.11.